The maximum Gasteiger partial charge on any atom is 0.310 e. The molecular formula is C30H46O4. The van der Waals surface area contributed by atoms with Crippen molar-refractivity contribution >= 4 is 11.8 Å². The number of carbonyl (C=O) groups excluding carboxylic acids is 1. The number of ketones is 1. The van der Waals surface area contributed by atoms with Crippen molar-refractivity contribution in [3.8, 4) is 0 Å². The van der Waals surface area contributed by atoms with E-state index in [0.717, 1.165) is 51.4 Å². The van der Waals surface area contributed by atoms with Gasteiger partial charge in [0.15, 0.2) is 0 Å². The van der Waals surface area contributed by atoms with Gasteiger partial charge in [0.05, 0.1) is 11.5 Å². The smallest absolute Gasteiger partial charge is 0.310 e. The van der Waals surface area contributed by atoms with E-state index in [0.29, 0.717) is 5.92 Å². The fourth-order valence-corrected chi connectivity index (χ4v) is 10.4. The molecule has 5 aliphatic rings. The van der Waals surface area contributed by atoms with Crippen LogP contribution < -0.4 is 0 Å². The Balaban J connectivity index is 1.63. The van der Waals surface area contributed by atoms with E-state index < -0.39 is 22.9 Å². The van der Waals surface area contributed by atoms with Crippen molar-refractivity contribution in [1.29, 1.82) is 0 Å². The van der Waals surface area contributed by atoms with Gasteiger partial charge in [-0.2, -0.15) is 0 Å². The van der Waals surface area contributed by atoms with Gasteiger partial charge in [0.1, 0.15) is 5.78 Å². The number of aliphatic carboxylic acids is 1. The Hall–Kier alpha value is -1.16. The molecule has 5 rings (SSSR count). The van der Waals surface area contributed by atoms with Crippen LogP contribution in [0.25, 0.3) is 0 Å². The molecule has 0 aromatic heterocycles. The van der Waals surface area contributed by atoms with Crippen LogP contribution in [0.2, 0.25) is 0 Å². The lowest BCUT2D eigenvalue weighted by Crippen LogP contribution is -2.67. The summed E-state index contributed by atoms with van der Waals surface area (Å²) in [5, 5.41) is 21.9. The number of hydrogen-bond donors (Lipinski definition) is 2. The summed E-state index contributed by atoms with van der Waals surface area (Å²) in [5.74, 6) is 0.191. The van der Waals surface area contributed by atoms with Gasteiger partial charge in [-0.3, -0.25) is 9.59 Å². The molecule has 0 aliphatic heterocycles. The number of carbonyl (C=O) groups is 2. The van der Waals surface area contributed by atoms with Crippen LogP contribution in [0.1, 0.15) is 106 Å². The van der Waals surface area contributed by atoms with Crippen molar-refractivity contribution in [2.24, 2.45) is 50.2 Å². The predicted octanol–water partition coefficient (Wildman–Crippen LogP) is 6.41. The molecule has 0 aromatic carbocycles. The van der Waals surface area contributed by atoms with Crippen molar-refractivity contribution in [3.63, 3.8) is 0 Å². The number of carboxylic acid groups (broad SMARTS) is 1. The number of Topliss-reactive ketones (excluding diaryl/α,β-unsaturated/α-hetero) is 1. The molecule has 0 radical (unpaired) electrons. The number of aliphatic hydroxyl groups is 1. The maximum absolute atomic E-state index is 12.9. The first-order valence-electron chi connectivity index (χ1n) is 13.7. The Labute approximate surface area is 206 Å². The molecule has 0 aromatic rings. The van der Waals surface area contributed by atoms with Crippen molar-refractivity contribution in [2.45, 2.75) is 112 Å². The second-order valence-corrected chi connectivity index (χ2v) is 14.9. The van der Waals surface area contributed by atoms with Gasteiger partial charge in [0.2, 0.25) is 0 Å². The standard InChI is InChI=1S/C30H46O4/c1-25(2)12-14-30(24(33)34)15-13-27(5)18(19(30)17-25)8-9-21-28(27,6)11-10-20-26(3,4)22(31)16-23(32)29(20,21)7/h8,19-21,23,32H,9-17H2,1-7H3,(H,33,34)/t19-,20-,21-,23+,27+,28+,29-,30-/m0/s1. The molecular weight excluding hydrogens is 424 g/mol. The molecule has 0 spiro atoms. The highest BCUT2D eigenvalue weighted by molar-refractivity contribution is 5.86. The van der Waals surface area contributed by atoms with E-state index in [-0.39, 0.29) is 45.7 Å². The first-order valence-corrected chi connectivity index (χ1v) is 13.7. The predicted molar refractivity (Wildman–Crippen MR) is 133 cm³/mol. The minimum Gasteiger partial charge on any atom is -0.481 e. The second kappa shape index (κ2) is 6.99. The summed E-state index contributed by atoms with van der Waals surface area (Å²) in [5.41, 5.74) is 0.174. The van der Waals surface area contributed by atoms with Crippen LogP contribution in [-0.4, -0.2) is 28.1 Å². The van der Waals surface area contributed by atoms with Gasteiger partial charge < -0.3 is 10.2 Å². The van der Waals surface area contributed by atoms with Crippen molar-refractivity contribution in [3.05, 3.63) is 11.6 Å². The van der Waals surface area contributed by atoms with E-state index in [1.807, 2.05) is 0 Å². The van der Waals surface area contributed by atoms with E-state index in [1.165, 1.54) is 5.57 Å². The first kappa shape index (κ1) is 24.5. The molecule has 8 atom stereocenters. The summed E-state index contributed by atoms with van der Waals surface area (Å²) in [7, 11) is 0. The number of carboxylic acids is 1. The maximum atomic E-state index is 12.9. The number of aliphatic hydroxyl groups excluding tert-OH is 1. The third-order valence-corrected chi connectivity index (χ3v) is 12.9. The van der Waals surface area contributed by atoms with Gasteiger partial charge in [0.25, 0.3) is 0 Å². The fraction of sp³-hybridized carbons (Fsp3) is 0.867. The zero-order chi connectivity index (χ0) is 25.1. The van der Waals surface area contributed by atoms with E-state index in [1.54, 1.807) is 0 Å². The van der Waals surface area contributed by atoms with Crippen LogP contribution in [-0.2, 0) is 9.59 Å². The van der Waals surface area contributed by atoms with Crippen LogP contribution in [0.3, 0.4) is 0 Å². The molecule has 34 heavy (non-hydrogen) atoms. The number of allylic oxidation sites excluding steroid dienone is 2. The summed E-state index contributed by atoms with van der Waals surface area (Å²) in [6, 6.07) is 0. The Morgan fingerprint density at radius 3 is 2.24 bits per heavy atom. The van der Waals surface area contributed by atoms with Crippen LogP contribution in [0.5, 0.6) is 0 Å². The normalized spacial score (nSPS) is 51.3. The van der Waals surface area contributed by atoms with Gasteiger partial charge in [-0.1, -0.05) is 60.1 Å². The monoisotopic (exact) mass is 470 g/mol. The molecule has 2 N–H and O–H groups in total. The Kier molecular flexibility index (Phi) is 5.04. The minimum atomic E-state index is -0.621. The van der Waals surface area contributed by atoms with Crippen LogP contribution in [0.15, 0.2) is 11.6 Å². The number of fused-ring (bicyclic) bond motifs is 7. The summed E-state index contributed by atoms with van der Waals surface area (Å²) in [6.07, 6.45) is 9.37. The highest BCUT2D eigenvalue weighted by atomic mass is 16.4. The molecule has 190 valence electrons. The molecule has 0 saturated heterocycles. The fourth-order valence-electron chi connectivity index (χ4n) is 10.4. The summed E-state index contributed by atoms with van der Waals surface area (Å²) in [6.45, 7) is 16.0. The highest BCUT2D eigenvalue weighted by Crippen LogP contribution is 2.75. The van der Waals surface area contributed by atoms with Crippen molar-refractivity contribution in [2.75, 3.05) is 0 Å². The van der Waals surface area contributed by atoms with Crippen LogP contribution >= 0.6 is 0 Å². The lowest BCUT2D eigenvalue weighted by molar-refractivity contribution is -0.217. The van der Waals surface area contributed by atoms with E-state index in [2.05, 4.69) is 54.5 Å². The Bertz CT molecular complexity index is 961. The van der Waals surface area contributed by atoms with E-state index >= 15 is 0 Å². The summed E-state index contributed by atoms with van der Waals surface area (Å²) in [4.78, 5) is 25.7. The van der Waals surface area contributed by atoms with Gasteiger partial charge in [0, 0.05) is 17.3 Å². The second-order valence-electron chi connectivity index (χ2n) is 14.9. The lowest BCUT2D eigenvalue weighted by Gasteiger charge is -2.71. The van der Waals surface area contributed by atoms with Crippen molar-refractivity contribution in [1.82, 2.24) is 0 Å². The van der Waals surface area contributed by atoms with E-state index in [9.17, 15) is 19.8 Å². The number of hydrogen-bond acceptors (Lipinski definition) is 3. The first-order chi connectivity index (χ1) is 15.6. The van der Waals surface area contributed by atoms with Crippen molar-refractivity contribution < 1.29 is 19.8 Å². The molecule has 4 heteroatoms. The largest absolute Gasteiger partial charge is 0.481 e. The number of rotatable bonds is 1. The average Bonchev–Trinajstić information content (AvgIpc) is 2.72. The summed E-state index contributed by atoms with van der Waals surface area (Å²) < 4.78 is 0. The van der Waals surface area contributed by atoms with Gasteiger partial charge in [-0.15, -0.1) is 0 Å². The van der Waals surface area contributed by atoms with Gasteiger partial charge in [-0.05, 0) is 85.4 Å². The molecule has 0 amide bonds. The topological polar surface area (TPSA) is 74.6 Å². The SMILES string of the molecule is CC1(C)CC[C@]2(C(=O)O)CC[C@]3(C)C(=CC[C@@H]4[C@@]5(C)[C@H](O)CC(=O)C(C)(C)[C@@H]5CC[C@]43C)[C@@H]2C1. The van der Waals surface area contributed by atoms with Gasteiger partial charge >= 0.3 is 5.97 Å². The molecule has 4 nitrogen and oxygen atoms in total. The molecule has 4 fully saturated rings. The Morgan fingerprint density at radius 2 is 1.59 bits per heavy atom. The van der Waals surface area contributed by atoms with Crippen LogP contribution in [0.4, 0.5) is 0 Å². The molecule has 0 heterocycles. The van der Waals surface area contributed by atoms with E-state index in [4.69, 9.17) is 0 Å². The zero-order valence-electron chi connectivity index (χ0n) is 22.5. The zero-order valence-corrected chi connectivity index (χ0v) is 22.5. The lowest BCUT2D eigenvalue weighted by atomic mass is 9.33. The average molecular weight is 471 g/mol. The third-order valence-electron chi connectivity index (χ3n) is 12.9. The minimum absolute atomic E-state index is 0.00790. The van der Waals surface area contributed by atoms with Crippen LogP contribution in [0, 0.1) is 50.2 Å². The van der Waals surface area contributed by atoms with Gasteiger partial charge in [-0.25, -0.2) is 0 Å². The highest BCUT2D eigenvalue weighted by Gasteiger charge is 2.70. The third kappa shape index (κ3) is 2.75. The summed E-state index contributed by atoms with van der Waals surface area (Å²) >= 11 is 0. The quantitative estimate of drug-likeness (QED) is 0.434. The molecule has 4 saturated carbocycles. The molecule has 0 unspecified atom stereocenters. The molecule has 5 aliphatic carbocycles. The Morgan fingerprint density at radius 1 is 0.941 bits per heavy atom. The molecule has 0 bridgehead atoms.